The van der Waals surface area contributed by atoms with E-state index in [-0.39, 0.29) is 5.82 Å². The highest BCUT2D eigenvalue weighted by Crippen LogP contribution is 2.17. The van der Waals surface area contributed by atoms with Crippen molar-refractivity contribution in [2.24, 2.45) is 0 Å². The summed E-state index contributed by atoms with van der Waals surface area (Å²) < 4.78 is 23.5. The predicted molar refractivity (Wildman–Crippen MR) is 58.5 cm³/mol. The summed E-state index contributed by atoms with van der Waals surface area (Å²) in [7, 11) is 1.64. The Balaban J connectivity index is 2.48. The molecule has 0 spiro atoms. The molecule has 0 unspecified atom stereocenters. The summed E-state index contributed by atoms with van der Waals surface area (Å²) in [5.74, 6) is 0.225. The second kappa shape index (κ2) is 6.19. The number of ether oxygens (including phenoxy) is 2. The molecule has 0 aromatic heterocycles. The topological polar surface area (TPSA) is 18.5 Å². The second-order valence-electron chi connectivity index (χ2n) is 3.08. The molecule has 0 aliphatic rings. The highest BCUT2D eigenvalue weighted by atomic mass is 19.1. The van der Waals surface area contributed by atoms with E-state index in [2.05, 4.69) is 6.58 Å². The van der Waals surface area contributed by atoms with Crippen LogP contribution in [-0.4, -0.2) is 20.3 Å². The molecule has 0 aliphatic carbocycles. The second-order valence-corrected chi connectivity index (χ2v) is 3.08. The molecule has 0 saturated carbocycles. The van der Waals surface area contributed by atoms with Crippen LogP contribution in [0.1, 0.15) is 12.0 Å². The third-order valence-electron chi connectivity index (χ3n) is 1.95. The Hall–Kier alpha value is -1.35. The Bertz CT molecular complexity index is 323. The van der Waals surface area contributed by atoms with Crippen LogP contribution in [0, 0.1) is 5.82 Å². The molecule has 1 aromatic rings. The van der Waals surface area contributed by atoms with E-state index in [0.29, 0.717) is 24.5 Å². The summed E-state index contributed by atoms with van der Waals surface area (Å²) in [6, 6.07) is 4.74. The van der Waals surface area contributed by atoms with Crippen LogP contribution >= 0.6 is 0 Å². The van der Waals surface area contributed by atoms with E-state index in [1.165, 1.54) is 12.1 Å². The van der Waals surface area contributed by atoms with E-state index >= 15 is 0 Å². The molecule has 0 amide bonds. The summed E-state index contributed by atoms with van der Waals surface area (Å²) in [4.78, 5) is 0. The lowest BCUT2D eigenvalue weighted by Gasteiger charge is -2.06. The predicted octanol–water partition coefficient (Wildman–Crippen LogP) is 2.88. The molecule has 0 fully saturated rings. The van der Waals surface area contributed by atoms with Gasteiger partial charge in [-0.05, 0) is 12.1 Å². The first kappa shape index (κ1) is 11.7. The molecule has 3 heteroatoms. The average molecular weight is 210 g/mol. The maximum Gasteiger partial charge on any atom is 0.134 e. The normalized spacial score (nSPS) is 10.0. The van der Waals surface area contributed by atoms with Gasteiger partial charge in [-0.25, -0.2) is 4.39 Å². The van der Waals surface area contributed by atoms with Gasteiger partial charge in [-0.3, -0.25) is 0 Å². The summed E-state index contributed by atoms with van der Waals surface area (Å²) in [5.41, 5.74) is 0.485. The fraction of sp³-hybridized carbons (Fsp3) is 0.333. The molecule has 0 N–H and O–H groups in total. The molecule has 82 valence electrons. The molecule has 0 heterocycles. The van der Waals surface area contributed by atoms with Gasteiger partial charge in [0.15, 0.2) is 0 Å². The van der Waals surface area contributed by atoms with Crippen molar-refractivity contribution in [2.45, 2.75) is 6.42 Å². The van der Waals surface area contributed by atoms with Crippen LogP contribution in [0.25, 0.3) is 6.08 Å². The monoisotopic (exact) mass is 210 g/mol. The number of hydrogen-bond donors (Lipinski definition) is 0. The highest BCUT2D eigenvalue weighted by Gasteiger charge is 2.00. The first-order chi connectivity index (χ1) is 7.27. The summed E-state index contributed by atoms with van der Waals surface area (Å²) in [6.45, 7) is 4.69. The van der Waals surface area contributed by atoms with Gasteiger partial charge < -0.3 is 9.47 Å². The smallest absolute Gasteiger partial charge is 0.134 e. The molecule has 2 nitrogen and oxygen atoms in total. The van der Waals surface area contributed by atoms with Crippen LogP contribution in [0.2, 0.25) is 0 Å². The van der Waals surface area contributed by atoms with E-state index in [1.54, 1.807) is 19.2 Å². The van der Waals surface area contributed by atoms with E-state index < -0.39 is 0 Å². The van der Waals surface area contributed by atoms with E-state index in [0.717, 1.165) is 6.42 Å². The zero-order valence-electron chi connectivity index (χ0n) is 8.83. The molecule has 1 aromatic carbocycles. The quantitative estimate of drug-likeness (QED) is 0.672. The van der Waals surface area contributed by atoms with Crippen molar-refractivity contribution < 1.29 is 13.9 Å². The van der Waals surface area contributed by atoms with Crippen molar-refractivity contribution in [3.63, 3.8) is 0 Å². The minimum atomic E-state index is -0.311. The fourth-order valence-corrected chi connectivity index (χ4v) is 1.16. The zero-order valence-corrected chi connectivity index (χ0v) is 8.83. The van der Waals surface area contributed by atoms with Crippen LogP contribution in [0.4, 0.5) is 4.39 Å². The van der Waals surface area contributed by atoms with Crippen LogP contribution < -0.4 is 4.74 Å². The van der Waals surface area contributed by atoms with Gasteiger partial charge in [-0.15, -0.1) is 0 Å². The average Bonchev–Trinajstić information content (AvgIpc) is 2.25. The number of methoxy groups -OCH3 is 1. The third kappa shape index (κ3) is 3.72. The molecule has 0 bridgehead atoms. The highest BCUT2D eigenvalue weighted by molar-refractivity contribution is 5.49. The minimum absolute atomic E-state index is 0.311. The standard InChI is InChI=1S/C12H15FO2/c1-3-10-5-6-11(9-12(10)13)15-8-4-7-14-2/h3,5-6,9H,1,4,7-8H2,2H3. The molecule has 0 atom stereocenters. The van der Waals surface area contributed by atoms with Gasteiger partial charge in [-0.2, -0.15) is 0 Å². The van der Waals surface area contributed by atoms with Gasteiger partial charge in [-0.1, -0.05) is 12.7 Å². The summed E-state index contributed by atoms with van der Waals surface area (Å²) in [6.07, 6.45) is 2.27. The minimum Gasteiger partial charge on any atom is -0.493 e. The Morgan fingerprint density at radius 3 is 2.80 bits per heavy atom. The summed E-state index contributed by atoms with van der Waals surface area (Å²) >= 11 is 0. The third-order valence-corrected chi connectivity index (χ3v) is 1.95. The summed E-state index contributed by atoms with van der Waals surface area (Å²) in [5, 5.41) is 0. The lowest BCUT2D eigenvalue weighted by molar-refractivity contribution is 0.172. The van der Waals surface area contributed by atoms with Gasteiger partial charge >= 0.3 is 0 Å². The molecule has 0 aliphatic heterocycles. The number of hydrogen-bond acceptors (Lipinski definition) is 2. The maximum absolute atomic E-state index is 13.2. The van der Waals surface area contributed by atoms with E-state index in [4.69, 9.17) is 9.47 Å². The number of halogens is 1. The van der Waals surface area contributed by atoms with E-state index in [1.807, 2.05) is 0 Å². The Kier molecular flexibility index (Phi) is 4.84. The van der Waals surface area contributed by atoms with Gasteiger partial charge in [0.25, 0.3) is 0 Å². The van der Waals surface area contributed by atoms with Crippen molar-refractivity contribution in [1.82, 2.24) is 0 Å². The zero-order chi connectivity index (χ0) is 11.1. The van der Waals surface area contributed by atoms with Crippen molar-refractivity contribution >= 4 is 6.08 Å². The fourth-order valence-electron chi connectivity index (χ4n) is 1.16. The Morgan fingerprint density at radius 1 is 1.40 bits per heavy atom. The van der Waals surface area contributed by atoms with E-state index in [9.17, 15) is 4.39 Å². The molecular weight excluding hydrogens is 195 g/mol. The van der Waals surface area contributed by atoms with Crippen molar-refractivity contribution in [1.29, 1.82) is 0 Å². The van der Waals surface area contributed by atoms with Crippen LogP contribution in [0.5, 0.6) is 5.75 Å². The number of rotatable bonds is 6. The molecular formula is C12H15FO2. The Morgan fingerprint density at radius 2 is 2.20 bits per heavy atom. The van der Waals surface area contributed by atoms with Crippen LogP contribution in [-0.2, 0) is 4.74 Å². The van der Waals surface area contributed by atoms with Crippen LogP contribution in [0.15, 0.2) is 24.8 Å². The molecule has 0 saturated heterocycles. The van der Waals surface area contributed by atoms with Gasteiger partial charge in [0.05, 0.1) is 6.61 Å². The largest absolute Gasteiger partial charge is 0.493 e. The number of benzene rings is 1. The van der Waals surface area contributed by atoms with Gasteiger partial charge in [0.2, 0.25) is 0 Å². The maximum atomic E-state index is 13.2. The van der Waals surface area contributed by atoms with Crippen molar-refractivity contribution in [3.8, 4) is 5.75 Å². The molecule has 0 radical (unpaired) electrons. The first-order valence-corrected chi connectivity index (χ1v) is 4.81. The Labute approximate surface area is 89.3 Å². The van der Waals surface area contributed by atoms with Gasteiger partial charge in [0.1, 0.15) is 11.6 Å². The molecule has 15 heavy (non-hydrogen) atoms. The van der Waals surface area contributed by atoms with Crippen LogP contribution in [0.3, 0.4) is 0 Å². The molecule has 1 rings (SSSR count). The first-order valence-electron chi connectivity index (χ1n) is 4.81. The van der Waals surface area contributed by atoms with Gasteiger partial charge in [0, 0.05) is 31.8 Å². The van der Waals surface area contributed by atoms with Crippen molar-refractivity contribution in [2.75, 3.05) is 20.3 Å². The lowest BCUT2D eigenvalue weighted by Crippen LogP contribution is -2.01. The lowest BCUT2D eigenvalue weighted by atomic mass is 10.2. The SMILES string of the molecule is C=Cc1ccc(OCCCOC)cc1F. The van der Waals surface area contributed by atoms with Crippen molar-refractivity contribution in [3.05, 3.63) is 36.2 Å².